The second-order valence-electron chi connectivity index (χ2n) is 12.0. The van der Waals surface area contributed by atoms with Gasteiger partial charge in [0, 0.05) is 32.8 Å². The van der Waals surface area contributed by atoms with Gasteiger partial charge in [-0.1, -0.05) is 54.6 Å². The fraction of sp³-hybridized carbons (Fsp3) is 0.105. The molecule has 0 bridgehead atoms. The summed E-state index contributed by atoms with van der Waals surface area (Å²) in [4.78, 5) is 17.2. The summed E-state index contributed by atoms with van der Waals surface area (Å²) in [6.45, 7) is 4.27. The molecule has 5 aromatic rings. The summed E-state index contributed by atoms with van der Waals surface area (Å²) in [5.74, 6) is 0.643. The number of carbonyl (C=O) groups is 1. The molecule has 0 fully saturated rings. The lowest BCUT2D eigenvalue weighted by Crippen LogP contribution is -2.22. The van der Waals surface area contributed by atoms with Crippen LogP contribution in [0, 0.1) is 19.3 Å². The van der Waals surface area contributed by atoms with Gasteiger partial charge in [0.05, 0.1) is 11.4 Å². The van der Waals surface area contributed by atoms with E-state index in [1.54, 1.807) is 0 Å². The predicted molar refractivity (Wildman–Crippen MR) is 179 cm³/mol. The molecule has 0 radical (unpaired) electrons. The summed E-state index contributed by atoms with van der Waals surface area (Å²) in [5, 5.41) is 11.9. The Kier molecular flexibility index (Phi) is 5.44. The molecular weight excluding hydrogens is 548 g/mol. The quantitative estimate of drug-likeness (QED) is 0.212. The Morgan fingerprint density at radius 1 is 0.767 bits per heavy atom. The maximum absolute atomic E-state index is 13.6. The van der Waals surface area contributed by atoms with Gasteiger partial charge in [-0.25, -0.2) is 0 Å². The number of fused-ring (bicyclic) bond motifs is 5. The molecule has 0 unspecified atom stereocenters. The van der Waals surface area contributed by atoms with Gasteiger partial charge in [-0.15, -0.1) is 0 Å². The Morgan fingerprint density at radius 2 is 1.44 bits per heavy atom. The topological polar surface area (TPSA) is 53.4 Å². The van der Waals surface area contributed by atoms with E-state index < -0.39 is 10.0 Å². The molecule has 210 valence electrons. The molecular formula is C38H30N2O2S. The fourth-order valence-electron chi connectivity index (χ4n) is 6.72. The number of allylic oxidation sites excluding steroid dienone is 1. The van der Waals surface area contributed by atoms with E-state index in [-0.39, 0.29) is 11.5 Å². The highest BCUT2D eigenvalue weighted by atomic mass is 32.3. The van der Waals surface area contributed by atoms with Crippen molar-refractivity contribution in [3.63, 3.8) is 0 Å². The molecule has 43 heavy (non-hydrogen) atoms. The SMILES string of the molecule is Cc1cc(C)cc(N2C3=C(Oc4cc(/C=C5\C(=N)c6cc7ccccc7cc6C5=O)ccc42)S(C)(C)c2ccccc23)c1. The lowest BCUT2D eigenvalue weighted by Gasteiger charge is -2.37. The van der Waals surface area contributed by atoms with Gasteiger partial charge in [0.1, 0.15) is 5.70 Å². The number of hydrogen-bond donors (Lipinski definition) is 1. The molecule has 2 heterocycles. The van der Waals surface area contributed by atoms with Gasteiger partial charge in [0.25, 0.3) is 0 Å². The van der Waals surface area contributed by atoms with Gasteiger partial charge >= 0.3 is 0 Å². The molecule has 1 aliphatic carbocycles. The summed E-state index contributed by atoms with van der Waals surface area (Å²) in [7, 11) is -1.41. The van der Waals surface area contributed by atoms with Crippen LogP contribution in [0.25, 0.3) is 22.5 Å². The standard InChI is InChI=1S/C38H30N2O2S/c1-22-15-23(2)17-27(16-22)40-32-14-13-24(19-33(32)42-38-36(40)28-11-7-8-12-34(28)43(38,3)4)18-31-35(39)29-20-25-9-5-6-10-26(25)21-30(29)37(31)41/h5-21,39H,1-4H3/b31-18+,39-35?. The van der Waals surface area contributed by atoms with E-state index in [1.807, 2.05) is 54.6 Å². The van der Waals surface area contributed by atoms with Crippen LogP contribution >= 0.6 is 10.0 Å². The fourth-order valence-corrected chi connectivity index (χ4v) is 9.04. The smallest absolute Gasteiger partial charge is 0.195 e. The van der Waals surface area contributed by atoms with Crippen LogP contribution in [0.2, 0.25) is 0 Å². The van der Waals surface area contributed by atoms with Crippen LogP contribution in [-0.2, 0) is 0 Å². The molecule has 5 heteroatoms. The lowest BCUT2D eigenvalue weighted by atomic mass is 10.0. The van der Waals surface area contributed by atoms with Crippen LogP contribution < -0.4 is 9.64 Å². The molecule has 0 saturated heterocycles. The number of hydrogen-bond acceptors (Lipinski definition) is 4. The summed E-state index contributed by atoms with van der Waals surface area (Å²) < 4.78 is 6.85. The molecule has 0 saturated carbocycles. The van der Waals surface area contributed by atoms with Gasteiger partial charge in [-0.3, -0.25) is 10.2 Å². The molecule has 0 aromatic heterocycles. The second kappa shape index (κ2) is 9.06. The molecule has 1 N–H and O–H groups in total. The van der Waals surface area contributed by atoms with Crippen LogP contribution in [0.15, 0.2) is 113 Å². The highest BCUT2D eigenvalue weighted by molar-refractivity contribution is 8.36. The van der Waals surface area contributed by atoms with Crippen LogP contribution in [-0.4, -0.2) is 24.0 Å². The maximum atomic E-state index is 13.6. The number of benzene rings is 5. The average molecular weight is 579 g/mol. The average Bonchev–Trinajstić information content (AvgIpc) is 3.36. The molecule has 4 nitrogen and oxygen atoms in total. The van der Waals surface area contributed by atoms with Crippen molar-refractivity contribution in [2.45, 2.75) is 18.7 Å². The largest absolute Gasteiger partial charge is 0.447 e. The zero-order valence-electron chi connectivity index (χ0n) is 24.5. The Bertz CT molecular complexity index is 2080. The Hall–Kier alpha value is -4.87. The predicted octanol–water partition coefficient (Wildman–Crippen LogP) is 9.40. The number of nitrogens with one attached hydrogen (secondary N) is 1. The minimum atomic E-state index is -1.41. The maximum Gasteiger partial charge on any atom is 0.195 e. The first-order chi connectivity index (χ1) is 20.7. The lowest BCUT2D eigenvalue weighted by molar-refractivity contribution is 0.104. The molecule has 2 aliphatic heterocycles. The van der Waals surface area contributed by atoms with Gasteiger partial charge in [-0.05, 0) is 102 Å². The van der Waals surface area contributed by atoms with E-state index in [0.717, 1.165) is 44.2 Å². The molecule has 0 spiro atoms. The van der Waals surface area contributed by atoms with Crippen LogP contribution in [0.1, 0.15) is 38.2 Å². The highest BCUT2D eigenvalue weighted by Gasteiger charge is 2.43. The van der Waals surface area contributed by atoms with Crippen LogP contribution in [0.3, 0.4) is 0 Å². The van der Waals surface area contributed by atoms with Crippen molar-refractivity contribution < 1.29 is 9.53 Å². The van der Waals surface area contributed by atoms with Crippen molar-refractivity contribution in [2.24, 2.45) is 0 Å². The van der Waals surface area contributed by atoms with E-state index in [1.165, 1.54) is 21.6 Å². The normalized spacial score (nSPS) is 18.0. The summed E-state index contributed by atoms with van der Waals surface area (Å²) in [5.41, 5.74) is 9.57. The number of Topliss-reactive ketones (excluding diaryl/α,β-unsaturated/α-hetero) is 1. The van der Waals surface area contributed by atoms with Crippen molar-refractivity contribution >= 4 is 55.4 Å². The number of aryl methyl sites for hydroxylation is 2. The van der Waals surface area contributed by atoms with Crippen molar-refractivity contribution in [1.29, 1.82) is 5.41 Å². The van der Waals surface area contributed by atoms with E-state index in [4.69, 9.17) is 10.1 Å². The van der Waals surface area contributed by atoms with Crippen LogP contribution in [0.4, 0.5) is 11.4 Å². The number of anilines is 2. The van der Waals surface area contributed by atoms with Crippen molar-refractivity contribution in [3.8, 4) is 5.75 Å². The molecule has 3 aliphatic rings. The van der Waals surface area contributed by atoms with Gasteiger partial charge in [0.2, 0.25) is 0 Å². The van der Waals surface area contributed by atoms with E-state index >= 15 is 0 Å². The highest BCUT2D eigenvalue weighted by Crippen LogP contribution is 2.68. The van der Waals surface area contributed by atoms with Crippen molar-refractivity contribution in [3.05, 3.63) is 141 Å². The summed E-state index contributed by atoms with van der Waals surface area (Å²) in [6.07, 6.45) is 6.43. The molecule has 5 aromatic carbocycles. The molecule has 0 atom stereocenters. The van der Waals surface area contributed by atoms with Gasteiger partial charge < -0.3 is 9.64 Å². The number of ether oxygens (including phenoxy) is 1. The molecule has 0 amide bonds. The third-order valence-corrected chi connectivity index (χ3v) is 11.3. The zero-order valence-corrected chi connectivity index (χ0v) is 25.3. The first kappa shape index (κ1) is 25.8. The Morgan fingerprint density at radius 3 is 2.19 bits per heavy atom. The number of rotatable bonds is 2. The second-order valence-corrected chi connectivity index (χ2v) is 15.4. The molecule has 8 rings (SSSR count). The number of ketones is 1. The summed E-state index contributed by atoms with van der Waals surface area (Å²) in [6, 6.07) is 33.3. The van der Waals surface area contributed by atoms with Crippen molar-refractivity contribution in [2.75, 3.05) is 17.4 Å². The first-order valence-electron chi connectivity index (χ1n) is 14.4. The first-order valence-corrected chi connectivity index (χ1v) is 16.8. The summed E-state index contributed by atoms with van der Waals surface area (Å²) >= 11 is 0. The Labute approximate surface area is 252 Å². The van der Waals surface area contributed by atoms with E-state index in [2.05, 4.69) is 79.8 Å². The third kappa shape index (κ3) is 3.78. The van der Waals surface area contributed by atoms with Crippen LogP contribution in [0.5, 0.6) is 5.75 Å². The van der Waals surface area contributed by atoms with Gasteiger partial charge in [-0.2, -0.15) is 10.0 Å². The minimum Gasteiger partial charge on any atom is -0.447 e. The van der Waals surface area contributed by atoms with Gasteiger partial charge in [0.15, 0.2) is 16.6 Å². The monoisotopic (exact) mass is 578 g/mol. The number of nitrogens with zero attached hydrogens (tertiary/aromatic N) is 1. The van der Waals surface area contributed by atoms with E-state index in [0.29, 0.717) is 16.7 Å². The zero-order chi connectivity index (χ0) is 29.6. The van der Waals surface area contributed by atoms with Crippen molar-refractivity contribution in [1.82, 2.24) is 0 Å². The number of carbonyl (C=O) groups excluding carboxylic acids is 1. The minimum absolute atomic E-state index is 0.108. The third-order valence-electron chi connectivity index (χ3n) is 8.69. The Balaban J connectivity index is 1.27. The van der Waals surface area contributed by atoms with E-state index in [9.17, 15) is 4.79 Å².